The zero-order chi connectivity index (χ0) is 14.2. The number of carbonyl (C=O) groups excluding carboxylic acids is 2. The number of hydrazine groups is 1. The molecule has 0 fully saturated rings. The highest BCUT2D eigenvalue weighted by molar-refractivity contribution is 5.95. The normalized spacial score (nSPS) is 10.2. The fraction of sp³-hybridized carbons (Fsp3) is 0. The summed E-state index contributed by atoms with van der Waals surface area (Å²) in [6.07, 6.45) is 4.25. The topological polar surface area (TPSA) is 83.4 Å². The minimum atomic E-state index is -0.532. The van der Waals surface area contributed by atoms with Gasteiger partial charge in [-0.05, 0) is 30.3 Å². The highest BCUT2D eigenvalue weighted by Gasteiger charge is 2.02. The van der Waals surface area contributed by atoms with Crippen LogP contribution in [0.15, 0.2) is 59.2 Å². The minimum Gasteiger partial charge on any atom is -0.465 e. The van der Waals surface area contributed by atoms with Crippen molar-refractivity contribution in [3.63, 3.8) is 0 Å². The number of carbonyl (C=O) groups is 2. The first-order valence-electron chi connectivity index (χ1n) is 5.87. The van der Waals surface area contributed by atoms with Crippen molar-refractivity contribution in [3.05, 3.63) is 60.6 Å². The van der Waals surface area contributed by atoms with Gasteiger partial charge in [0.2, 0.25) is 0 Å². The average Bonchev–Trinajstić information content (AvgIpc) is 2.97. The van der Waals surface area contributed by atoms with E-state index in [9.17, 15) is 9.59 Å². The predicted molar refractivity (Wildman–Crippen MR) is 74.5 cm³/mol. The second-order valence-electron chi connectivity index (χ2n) is 3.78. The van der Waals surface area contributed by atoms with Gasteiger partial charge in [-0.25, -0.2) is 10.2 Å². The molecule has 102 valence electrons. The Morgan fingerprint density at radius 2 is 1.80 bits per heavy atom. The van der Waals surface area contributed by atoms with Crippen LogP contribution in [-0.4, -0.2) is 11.9 Å². The van der Waals surface area contributed by atoms with Crippen LogP contribution in [0.3, 0.4) is 0 Å². The highest BCUT2D eigenvalue weighted by atomic mass is 16.3. The third kappa shape index (κ3) is 4.34. The first kappa shape index (κ1) is 13.4. The number of hydrogen-bond acceptors (Lipinski definition) is 3. The van der Waals surface area contributed by atoms with Crippen LogP contribution in [0.25, 0.3) is 6.08 Å². The van der Waals surface area contributed by atoms with Crippen LogP contribution in [0, 0.1) is 0 Å². The number of anilines is 1. The molecule has 0 saturated carbocycles. The summed E-state index contributed by atoms with van der Waals surface area (Å²) in [6, 6.07) is 11.8. The molecule has 0 aliphatic rings. The number of nitrogens with one attached hydrogen (secondary N) is 3. The molecule has 0 saturated heterocycles. The molecule has 0 aliphatic carbocycles. The van der Waals surface area contributed by atoms with Gasteiger partial charge < -0.3 is 9.73 Å². The van der Waals surface area contributed by atoms with Crippen LogP contribution < -0.4 is 16.2 Å². The fourth-order valence-corrected chi connectivity index (χ4v) is 1.39. The van der Waals surface area contributed by atoms with Crippen LogP contribution in [0.1, 0.15) is 5.76 Å². The third-order valence-electron chi connectivity index (χ3n) is 2.27. The van der Waals surface area contributed by atoms with Crippen molar-refractivity contribution in [2.24, 2.45) is 0 Å². The molecule has 0 bridgehead atoms. The van der Waals surface area contributed by atoms with Gasteiger partial charge in [0.1, 0.15) is 5.76 Å². The number of amides is 3. The number of furan rings is 1. The predicted octanol–water partition coefficient (Wildman–Crippen LogP) is 2.15. The molecule has 2 rings (SSSR count). The minimum absolute atomic E-state index is 0.468. The van der Waals surface area contributed by atoms with E-state index in [0.717, 1.165) is 0 Å². The van der Waals surface area contributed by atoms with Crippen LogP contribution >= 0.6 is 0 Å². The van der Waals surface area contributed by atoms with Gasteiger partial charge in [-0.15, -0.1) is 0 Å². The van der Waals surface area contributed by atoms with Gasteiger partial charge in [0.05, 0.1) is 6.26 Å². The number of para-hydroxylation sites is 1. The molecule has 1 aromatic heterocycles. The summed E-state index contributed by atoms with van der Waals surface area (Å²) in [7, 11) is 0. The average molecular weight is 271 g/mol. The summed E-state index contributed by atoms with van der Waals surface area (Å²) < 4.78 is 5.02. The Balaban J connectivity index is 1.74. The lowest BCUT2D eigenvalue weighted by Crippen LogP contribution is -2.43. The SMILES string of the molecule is O=C(C=Cc1ccco1)NNC(=O)Nc1ccccc1. The lowest BCUT2D eigenvalue weighted by molar-refractivity contribution is -0.117. The van der Waals surface area contributed by atoms with Crippen molar-refractivity contribution >= 4 is 23.7 Å². The van der Waals surface area contributed by atoms with Crippen molar-refractivity contribution in [2.45, 2.75) is 0 Å². The third-order valence-corrected chi connectivity index (χ3v) is 2.27. The van der Waals surface area contributed by atoms with Crippen LogP contribution in [0.4, 0.5) is 10.5 Å². The number of rotatable bonds is 3. The fourth-order valence-electron chi connectivity index (χ4n) is 1.39. The highest BCUT2D eigenvalue weighted by Crippen LogP contribution is 2.04. The largest absolute Gasteiger partial charge is 0.465 e. The van der Waals surface area contributed by atoms with Gasteiger partial charge in [-0.3, -0.25) is 10.2 Å². The maximum absolute atomic E-state index is 11.5. The maximum atomic E-state index is 11.5. The van der Waals surface area contributed by atoms with Crippen molar-refractivity contribution in [2.75, 3.05) is 5.32 Å². The Hall–Kier alpha value is -3.02. The summed E-state index contributed by atoms with van der Waals surface area (Å²) in [5.41, 5.74) is 5.10. The lowest BCUT2D eigenvalue weighted by Gasteiger charge is -2.07. The van der Waals surface area contributed by atoms with Crippen molar-refractivity contribution in [3.8, 4) is 0 Å². The van der Waals surface area contributed by atoms with E-state index in [1.54, 1.807) is 36.4 Å². The second kappa shape index (κ2) is 6.79. The van der Waals surface area contributed by atoms with Crippen molar-refractivity contribution in [1.29, 1.82) is 0 Å². The molecule has 6 heteroatoms. The Kier molecular flexibility index (Phi) is 4.55. The number of hydrogen-bond donors (Lipinski definition) is 3. The molecular formula is C14H13N3O3. The molecule has 0 unspecified atom stereocenters. The van der Waals surface area contributed by atoms with Gasteiger partial charge in [0.25, 0.3) is 5.91 Å². The molecule has 0 atom stereocenters. The van der Waals surface area contributed by atoms with E-state index in [4.69, 9.17) is 4.42 Å². The van der Waals surface area contributed by atoms with Crippen LogP contribution in [-0.2, 0) is 4.79 Å². The summed E-state index contributed by atoms with van der Waals surface area (Å²) >= 11 is 0. The second-order valence-corrected chi connectivity index (χ2v) is 3.78. The van der Waals surface area contributed by atoms with E-state index in [0.29, 0.717) is 11.4 Å². The van der Waals surface area contributed by atoms with Gasteiger partial charge in [-0.2, -0.15) is 0 Å². The molecule has 3 N–H and O–H groups in total. The van der Waals surface area contributed by atoms with Crippen LogP contribution in [0.5, 0.6) is 0 Å². The molecule has 0 spiro atoms. The van der Waals surface area contributed by atoms with Crippen molar-refractivity contribution < 1.29 is 14.0 Å². The Morgan fingerprint density at radius 1 is 1.00 bits per heavy atom. The summed E-state index contributed by atoms with van der Waals surface area (Å²) in [4.78, 5) is 22.9. The van der Waals surface area contributed by atoms with E-state index in [-0.39, 0.29) is 0 Å². The monoisotopic (exact) mass is 271 g/mol. The molecule has 6 nitrogen and oxygen atoms in total. The van der Waals surface area contributed by atoms with Gasteiger partial charge in [0.15, 0.2) is 0 Å². The molecule has 1 heterocycles. The van der Waals surface area contributed by atoms with E-state index >= 15 is 0 Å². The number of benzene rings is 1. The lowest BCUT2D eigenvalue weighted by atomic mass is 10.3. The molecular weight excluding hydrogens is 258 g/mol. The van der Waals surface area contributed by atoms with Crippen molar-refractivity contribution in [1.82, 2.24) is 10.9 Å². The van der Waals surface area contributed by atoms with Gasteiger partial charge >= 0.3 is 6.03 Å². The molecule has 0 radical (unpaired) electrons. The summed E-state index contributed by atoms with van der Waals surface area (Å²) in [5.74, 6) is 0.0819. The zero-order valence-electron chi connectivity index (χ0n) is 10.5. The van der Waals surface area contributed by atoms with Gasteiger partial charge in [-0.1, -0.05) is 18.2 Å². The molecule has 20 heavy (non-hydrogen) atoms. The van der Waals surface area contributed by atoms with E-state index in [1.165, 1.54) is 18.4 Å². The Bertz CT molecular complexity index is 591. The Morgan fingerprint density at radius 3 is 2.50 bits per heavy atom. The maximum Gasteiger partial charge on any atom is 0.337 e. The van der Waals surface area contributed by atoms with Gasteiger partial charge in [0, 0.05) is 11.8 Å². The standard InChI is InChI=1S/C14H13N3O3/c18-13(9-8-12-7-4-10-20-12)16-17-14(19)15-11-5-2-1-3-6-11/h1-10H,(H,16,18)(H2,15,17,19). The zero-order valence-corrected chi connectivity index (χ0v) is 10.5. The van der Waals surface area contributed by atoms with E-state index in [2.05, 4.69) is 16.2 Å². The molecule has 2 aromatic rings. The van der Waals surface area contributed by atoms with Crippen LogP contribution in [0.2, 0.25) is 0 Å². The number of urea groups is 1. The van der Waals surface area contributed by atoms with E-state index < -0.39 is 11.9 Å². The molecule has 0 aliphatic heterocycles. The first-order chi connectivity index (χ1) is 9.74. The molecule has 1 aromatic carbocycles. The first-order valence-corrected chi connectivity index (χ1v) is 5.87. The Labute approximate surface area is 115 Å². The molecule has 3 amide bonds. The quantitative estimate of drug-likeness (QED) is 0.590. The van der Waals surface area contributed by atoms with E-state index in [1.807, 2.05) is 6.07 Å². The summed E-state index contributed by atoms with van der Waals surface area (Å²) in [5, 5.41) is 2.56. The summed E-state index contributed by atoms with van der Waals surface area (Å²) in [6.45, 7) is 0. The smallest absolute Gasteiger partial charge is 0.337 e.